The van der Waals surface area contributed by atoms with E-state index in [2.05, 4.69) is 5.32 Å². The van der Waals surface area contributed by atoms with E-state index in [0.717, 1.165) is 9.87 Å². The summed E-state index contributed by atoms with van der Waals surface area (Å²) < 4.78 is 51.4. The van der Waals surface area contributed by atoms with Crippen LogP contribution in [0.2, 0.25) is 0 Å². The number of anilines is 1. The summed E-state index contributed by atoms with van der Waals surface area (Å²) in [5, 5.41) is 2.70. The summed E-state index contributed by atoms with van der Waals surface area (Å²) in [6, 6.07) is 20.9. The second-order valence-electron chi connectivity index (χ2n) is 7.57. The van der Waals surface area contributed by atoms with Gasteiger partial charge in [-0.25, -0.2) is 16.8 Å². The molecule has 0 aliphatic heterocycles. The molecular weight excluding hydrogens is 460 g/mol. The molecule has 0 fully saturated rings. The molecule has 174 valence electrons. The third-order valence-electron chi connectivity index (χ3n) is 5.15. The van der Waals surface area contributed by atoms with Crippen LogP contribution in [0.25, 0.3) is 0 Å². The molecule has 7 nitrogen and oxygen atoms in total. The second-order valence-corrected chi connectivity index (χ2v) is 11.7. The van der Waals surface area contributed by atoms with Crippen LogP contribution in [-0.2, 0) is 19.9 Å². The summed E-state index contributed by atoms with van der Waals surface area (Å²) in [4.78, 5) is 12.8. The molecule has 0 aromatic heterocycles. The van der Waals surface area contributed by atoms with Crippen molar-refractivity contribution in [2.24, 2.45) is 0 Å². The average molecular weight is 487 g/mol. The van der Waals surface area contributed by atoms with Gasteiger partial charge in [0.2, 0.25) is 0 Å². The molecule has 0 aliphatic carbocycles. The van der Waals surface area contributed by atoms with Crippen LogP contribution in [0.1, 0.15) is 22.3 Å². The van der Waals surface area contributed by atoms with E-state index < -0.39 is 19.9 Å². The molecule has 0 spiro atoms. The zero-order chi connectivity index (χ0) is 24.1. The molecule has 0 unspecified atom stereocenters. The van der Waals surface area contributed by atoms with E-state index in [-0.39, 0.29) is 34.4 Å². The Morgan fingerprint density at radius 2 is 1.42 bits per heavy atom. The Morgan fingerprint density at radius 3 is 2.03 bits per heavy atom. The minimum atomic E-state index is -3.72. The van der Waals surface area contributed by atoms with Crippen LogP contribution in [0.15, 0.2) is 88.7 Å². The fraction of sp³-hybridized carbons (Fsp3) is 0.208. The van der Waals surface area contributed by atoms with Gasteiger partial charge in [0.05, 0.1) is 21.2 Å². The monoisotopic (exact) mass is 486 g/mol. The van der Waals surface area contributed by atoms with Gasteiger partial charge >= 0.3 is 0 Å². The number of rotatable bonds is 9. The van der Waals surface area contributed by atoms with Gasteiger partial charge in [-0.15, -0.1) is 0 Å². The Morgan fingerprint density at radius 1 is 0.818 bits per heavy atom. The smallest absolute Gasteiger partial charge is 0.264 e. The van der Waals surface area contributed by atoms with Crippen molar-refractivity contribution in [3.05, 3.63) is 90.0 Å². The van der Waals surface area contributed by atoms with Gasteiger partial charge in [0, 0.05) is 19.2 Å². The maximum absolute atomic E-state index is 12.8. The molecule has 0 saturated heterocycles. The molecule has 1 N–H and O–H groups in total. The van der Waals surface area contributed by atoms with Crippen molar-refractivity contribution in [2.45, 2.75) is 23.1 Å². The lowest BCUT2D eigenvalue weighted by atomic mass is 10.2. The van der Waals surface area contributed by atoms with Gasteiger partial charge in [0.25, 0.3) is 15.9 Å². The number of carbonyl (C=O) groups is 1. The minimum Gasteiger partial charge on any atom is -0.352 e. The number of benzene rings is 3. The maximum Gasteiger partial charge on any atom is 0.264 e. The molecule has 0 bridgehead atoms. The first-order valence-corrected chi connectivity index (χ1v) is 13.4. The van der Waals surface area contributed by atoms with Crippen molar-refractivity contribution in [2.75, 3.05) is 23.7 Å². The van der Waals surface area contributed by atoms with Gasteiger partial charge in [-0.1, -0.05) is 35.9 Å². The van der Waals surface area contributed by atoms with E-state index in [1.807, 2.05) is 6.92 Å². The van der Waals surface area contributed by atoms with Crippen LogP contribution in [0.5, 0.6) is 0 Å². The number of sulfonamides is 1. The van der Waals surface area contributed by atoms with Crippen molar-refractivity contribution >= 4 is 31.5 Å². The predicted molar refractivity (Wildman–Crippen MR) is 129 cm³/mol. The standard InChI is InChI=1S/C24H26N2O5S2/c1-19-9-15-23(16-10-19)33(30,31)26(2)21-13-11-20(12-14-21)24(27)25-17-6-18-32(28,29)22-7-4-3-5-8-22/h3-5,7-16H,6,17-18H2,1-2H3,(H,25,27). The highest BCUT2D eigenvalue weighted by molar-refractivity contribution is 7.92. The number of hydrogen-bond donors (Lipinski definition) is 1. The molecule has 0 aliphatic rings. The fourth-order valence-corrected chi connectivity index (χ4v) is 5.67. The Kier molecular flexibility index (Phi) is 7.55. The molecule has 3 rings (SSSR count). The largest absolute Gasteiger partial charge is 0.352 e. The van der Waals surface area contributed by atoms with Crippen molar-refractivity contribution in [3.8, 4) is 0 Å². The number of nitrogens with one attached hydrogen (secondary N) is 1. The first kappa shape index (κ1) is 24.5. The summed E-state index contributed by atoms with van der Waals surface area (Å²) in [6.45, 7) is 2.08. The summed E-state index contributed by atoms with van der Waals surface area (Å²) in [5.74, 6) is -0.430. The minimum absolute atomic E-state index is 0.0715. The van der Waals surface area contributed by atoms with Crippen LogP contribution in [0, 0.1) is 6.92 Å². The lowest BCUT2D eigenvalue weighted by molar-refractivity contribution is 0.0953. The zero-order valence-corrected chi connectivity index (χ0v) is 20.1. The van der Waals surface area contributed by atoms with E-state index in [1.54, 1.807) is 66.7 Å². The molecule has 9 heteroatoms. The van der Waals surface area contributed by atoms with E-state index in [4.69, 9.17) is 0 Å². The summed E-state index contributed by atoms with van der Waals surface area (Å²) >= 11 is 0. The van der Waals surface area contributed by atoms with Crippen LogP contribution in [0.3, 0.4) is 0 Å². The highest BCUT2D eigenvalue weighted by Crippen LogP contribution is 2.22. The number of aryl methyl sites for hydroxylation is 1. The lowest BCUT2D eigenvalue weighted by Crippen LogP contribution is -2.27. The zero-order valence-electron chi connectivity index (χ0n) is 18.4. The highest BCUT2D eigenvalue weighted by atomic mass is 32.2. The van der Waals surface area contributed by atoms with Crippen LogP contribution in [-0.4, -0.2) is 42.1 Å². The van der Waals surface area contributed by atoms with Crippen LogP contribution < -0.4 is 9.62 Å². The highest BCUT2D eigenvalue weighted by Gasteiger charge is 2.21. The van der Waals surface area contributed by atoms with Crippen molar-refractivity contribution < 1.29 is 21.6 Å². The molecule has 3 aromatic carbocycles. The van der Waals surface area contributed by atoms with E-state index in [9.17, 15) is 21.6 Å². The van der Waals surface area contributed by atoms with Crippen LogP contribution in [0.4, 0.5) is 5.69 Å². The number of hydrogen-bond acceptors (Lipinski definition) is 5. The van der Waals surface area contributed by atoms with Gasteiger partial charge in [-0.05, 0) is 61.9 Å². The SMILES string of the molecule is Cc1ccc(S(=O)(=O)N(C)c2ccc(C(=O)NCCCS(=O)(=O)c3ccccc3)cc2)cc1. The number of nitrogens with zero attached hydrogens (tertiary/aromatic N) is 1. The average Bonchev–Trinajstić information content (AvgIpc) is 2.82. The van der Waals surface area contributed by atoms with E-state index in [1.165, 1.54) is 19.2 Å². The quantitative estimate of drug-likeness (QED) is 0.467. The number of carbonyl (C=O) groups excluding carboxylic acids is 1. The maximum atomic E-state index is 12.8. The summed E-state index contributed by atoms with van der Waals surface area (Å²) in [5.41, 5.74) is 1.73. The Labute approximate surface area is 195 Å². The normalized spacial score (nSPS) is 11.7. The summed E-state index contributed by atoms with van der Waals surface area (Å²) in [6.07, 6.45) is 0.276. The Hall–Kier alpha value is -3.17. The molecule has 0 saturated carbocycles. The van der Waals surface area contributed by atoms with Gasteiger partial charge in [0.1, 0.15) is 0 Å². The molecule has 3 aromatic rings. The number of sulfone groups is 1. The van der Waals surface area contributed by atoms with Crippen molar-refractivity contribution in [1.82, 2.24) is 5.32 Å². The van der Waals surface area contributed by atoms with E-state index >= 15 is 0 Å². The Bertz CT molecular complexity index is 1300. The van der Waals surface area contributed by atoms with Crippen LogP contribution >= 0.6 is 0 Å². The topological polar surface area (TPSA) is 101 Å². The Balaban J connectivity index is 1.57. The first-order valence-electron chi connectivity index (χ1n) is 10.3. The molecule has 0 radical (unpaired) electrons. The molecule has 1 amide bonds. The molecule has 33 heavy (non-hydrogen) atoms. The van der Waals surface area contributed by atoms with Gasteiger partial charge in [-0.3, -0.25) is 9.10 Å². The molecule has 0 atom stereocenters. The fourth-order valence-electron chi connectivity index (χ4n) is 3.14. The third kappa shape index (κ3) is 6.00. The molecule has 0 heterocycles. The second kappa shape index (κ2) is 10.2. The van der Waals surface area contributed by atoms with Gasteiger partial charge in [-0.2, -0.15) is 0 Å². The van der Waals surface area contributed by atoms with Crippen molar-refractivity contribution in [1.29, 1.82) is 0 Å². The lowest BCUT2D eigenvalue weighted by Gasteiger charge is -2.20. The predicted octanol–water partition coefficient (Wildman–Crippen LogP) is 3.41. The van der Waals surface area contributed by atoms with Gasteiger partial charge in [0.15, 0.2) is 9.84 Å². The molecular formula is C24H26N2O5S2. The van der Waals surface area contributed by atoms with Crippen molar-refractivity contribution in [3.63, 3.8) is 0 Å². The summed E-state index contributed by atoms with van der Waals surface area (Å²) in [7, 11) is -5.66. The third-order valence-corrected chi connectivity index (χ3v) is 8.77. The first-order chi connectivity index (χ1) is 15.6. The van der Waals surface area contributed by atoms with E-state index in [0.29, 0.717) is 11.3 Å². The van der Waals surface area contributed by atoms with Gasteiger partial charge < -0.3 is 5.32 Å². The number of amides is 1.